The van der Waals surface area contributed by atoms with E-state index < -0.39 is 5.41 Å². The molecule has 0 N–H and O–H groups in total. The second-order valence-electron chi connectivity index (χ2n) is 8.78. The molecule has 5 rings (SSSR count). The molecule has 0 atom stereocenters. The smallest absolute Gasteiger partial charge is 0.106 e. The summed E-state index contributed by atoms with van der Waals surface area (Å²) in [6.07, 6.45) is 6.42. The fourth-order valence-electron chi connectivity index (χ4n) is 4.81. The van der Waals surface area contributed by atoms with Gasteiger partial charge in [-0.15, -0.1) is 6.42 Å². The van der Waals surface area contributed by atoms with E-state index in [9.17, 15) is 0 Å². The van der Waals surface area contributed by atoms with Crippen LogP contribution in [0, 0.1) is 26.2 Å². The van der Waals surface area contributed by atoms with Crippen LogP contribution >= 0.6 is 0 Å². The summed E-state index contributed by atoms with van der Waals surface area (Å²) in [6.45, 7) is 4.24. The van der Waals surface area contributed by atoms with Crippen molar-refractivity contribution in [1.82, 2.24) is 0 Å². The van der Waals surface area contributed by atoms with Gasteiger partial charge in [-0.05, 0) is 64.6 Å². The average Bonchev–Trinajstić information content (AvgIpc) is 2.85. The Kier molecular flexibility index (Phi) is 5.33. The zero-order chi connectivity index (χ0) is 22.8. The molecule has 0 radical (unpaired) electrons. The van der Waals surface area contributed by atoms with Crippen molar-refractivity contribution in [3.8, 4) is 23.5 Å². The fourth-order valence-corrected chi connectivity index (χ4v) is 4.81. The van der Waals surface area contributed by atoms with Gasteiger partial charge in [-0.1, -0.05) is 120 Å². The van der Waals surface area contributed by atoms with Gasteiger partial charge in [0.25, 0.3) is 0 Å². The Bertz CT molecular complexity index is 1450. The van der Waals surface area contributed by atoms with Gasteiger partial charge in [0.05, 0.1) is 0 Å². The molecular weight excluding hydrogens is 396 g/mol. The van der Waals surface area contributed by atoms with Gasteiger partial charge in [0.15, 0.2) is 0 Å². The summed E-state index contributed by atoms with van der Waals surface area (Å²) in [5, 5.41) is 2.48. The first-order valence-electron chi connectivity index (χ1n) is 11.3. The van der Waals surface area contributed by atoms with Crippen LogP contribution in [-0.4, -0.2) is 0 Å². The van der Waals surface area contributed by atoms with E-state index in [1.807, 2.05) is 0 Å². The van der Waals surface area contributed by atoms with Crippen LogP contribution in [0.2, 0.25) is 0 Å². The highest BCUT2D eigenvalue weighted by Gasteiger charge is 2.35. The first-order valence-corrected chi connectivity index (χ1v) is 11.3. The molecule has 0 fully saturated rings. The number of hydrogen-bond acceptors (Lipinski definition) is 0. The Labute approximate surface area is 196 Å². The van der Waals surface area contributed by atoms with Crippen molar-refractivity contribution in [1.29, 1.82) is 0 Å². The summed E-state index contributed by atoms with van der Waals surface area (Å²) in [5.41, 5.74) is 7.42. The second-order valence-corrected chi connectivity index (χ2v) is 8.78. The highest BCUT2D eigenvalue weighted by molar-refractivity contribution is 5.87. The lowest BCUT2D eigenvalue weighted by molar-refractivity contribution is 0.808. The SMILES string of the molecule is C#CC(c1cccc(C)c1)(c1cccc(C)c1)c1cccc(-c2ccc3ccccc3c2)c1. The van der Waals surface area contributed by atoms with E-state index in [1.54, 1.807) is 0 Å². The summed E-state index contributed by atoms with van der Waals surface area (Å²) < 4.78 is 0. The lowest BCUT2D eigenvalue weighted by atomic mass is 9.69. The maximum Gasteiger partial charge on any atom is 0.106 e. The van der Waals surface area contributed by atoms with Gasteiger partial charge in [0.1, 0.15) is 5.41 Å². The largest absolute Gasteiger partial charge is 0.118 e. The van der Waals surface area contributed by atoms with E-state index in [4.69, 9.17) is 6.42 Å². The molecule has 0 aromatic heterocycles. The monoisotopic (exact) mass is 422 g/mol. The van der Waals surface area contributed by atoms with Gasteiger partial charge < -0.3 is 0 Å². The zero-order valence-corrected chi connectivity index (χ0v) is 19.0. The highest BCUT2D eigenvalue weighted by atomic mass is 14.3. The van der Waals surface area contributed by atoms with Crippen molar-refractivity contribution in [2.45, 2.75) is 19.3 Å². The maximum atomic E-state index is 6.42. The third-order valence-corrected chi connectivity index (χ3v) is 6.50. The minimum atomic E-state index is -0.676. The molecule has 0 aliphatic rings. The molecule has 0 bridgehead atoms. The third-order valence-electron chi connectivity index (χ3n) is 6.50. The van der Waals surface area contributed by atoms with Crippen LogP contribution in [0.15, 0.2) is 115 Å². The molecule has 0 heterocycles. The number of fused-ring (bicyclic) bond motifs is 1. The maximum absolute atomic E-state index is 6.42. The van der Waals surface area contributed by atoms with Crippen molar-refractivity contribution >= 4 is 10.8 Å². The molecule has 0 aliphatic heterocycles. The van der Waals surface area contributed by atoms with Crippen LogP contribution in [0.3, 0.4) is 0 Å². The predicted octanol–water partition coefficient (Wildman–Crippen LogP) is 8.09. The minimum absolute atomic E-state index is 0.676. The molecule has 0 unspecified atom stereocenters. The summed E-state index contributed by atoms with van der Waals surface area (Å²) in [7, 11) is 0. The number of hydrogen-bond donors (Lipinski definition) is 0. The van der Waals surface area contributed by atoms with Crippen molar-refractivity contribution < 1.29 is 0 Å². The fraction of sp³-hybridized carbons (Fsp3) is 0.0909. The average molecular weight is 423 g/mol. The Morgan fingerprint density at radius 3 is 1.67 bits per heavy atom. The van der Waals surface area contributed by atoms with Crippen molar-refractivity contribution in [3.63, 3.8) is 0 Å². The first kappa shape index (κ1) is 20.8. The summed E-state index contributed by atoms with van der Waals surface area (Å²) in [4.78, 5) is 0. The number of aryl methyl sites for hydroxylation is 2. The molecule has 158 valence electrons. The van der Waals surface area contributed by atoms with E-state index >= 15 is 0 Å². The molecule has 33 heavy (non-hydrogen) atoms. The topological polar surface area (TPSA) is 0 Å². The quantitative estimate of drug-likeness (QED) is 0.203. The highest BCUT2D eigenvalue weighted by Crippen LogP contribution is 2.41. The molecule has 0 saturated carbocycles. The lowest BCUT2D eigenvalue weighted by Crippen LogP contribution is -2.27. The predicted molar refractivity (Wildman–Crippen MR) is 140 cm³/mol. The Hall–Kier alpha value is -4.08. The molecule has 5 aromatic rings. The van der Waals surface area contributed by atoms with E-state index in [2.05, 4.69) is 135 Å². The van der Waals surface area contributed by atoms with Gasteiger partial charge in [0.2, 0.25) is 0 Å². The lowest BCUT2D eigenvalue weighted by Gasteiger charge is -2.31. The minimum Gasteiger partial charge on any atom is -0.118 e. The second kappa shape index (κ2) is 8.45. The van der Waals surface area contributed by atoms with Crippen LogP contribution < -0.4 is 0 Å². The van der Waals surface area contributed by atoms with E-state index in [-0.39, 0.29) is 0 Å². The normalized spacial score (nSPS) is 11.3. The van der Waals surface area contributed by atoms with Crippen LogP contribution in [0.25, 0.3) is 21.9 Å². The van der Waals surface area contributed by atoms with Gasteiger partial charge in [-0.2, -0.15) is 0 Å². The number of rotatable bonds is 4. The summed E-state index contributed by atoms with van der Waals surface area (Å²) in [5.74, 6) is 3.23. The van der Waals surface area contributed by atoms with Crippen LogP contribution in [-0.2, 0) is 5.41 Å². The van der Waals surface area contributed by atoms with Gasteiger partial charge in [-0.3, -0.25) is 0 Å². The van der Waals surface area contributed by atoms with Gasteiger partial charge in [-0.25, -0.2) is 0 Å². The Balaban J connectivity index is 1.74. The first-order chi connectivity index (χ1) is 16.1. The summed E-state index contributed by atoms with van der Waals surface area (Å²) in [6, 6.07) is 41.0. The van der Waals surface area contributed by atoms with E-state index in [0.717, 1.165) is 22.3 Å². The van der Waals surface area contributed by atoms with E-state index in [1.165, 1.54) is 27.5 Å². The van der Waals surface area contributed by atoms with Crippen molar-refractivity contribution in [3.05, 3.63) is 143 Å². The van der Waals surface area contributed by atoms with Crippen molar-refractivity contribution in [2.75, 3.05) is 0 Å². The summed E-state index contributed by atoms with van der Waals surface area (Å²) >= 11 is 0. The van der Waals surface area contributed by atoms with Crippen LogP contribution in [0.4, 0.5) is 0 Å². The van der Waals surface area contributed by atoms with E-state index in [0.29, 0.717) is 0 Å². The molecule has 0 nitrogen and oxygen atoms in total. The third kappa shape index (κ3) is 3.73. The molecule has 0 amide bonds. The Morgan fingerprint density at radius 2 is 1.06 bits per heavy atom. The number of benzene rings is 5. The van der Waals surface area contributed by atoms with Gasteiger partial charge in [0, 0.05) is 0 Å². The molecule has 0 aliphatic carbocycles. The van der Waals surface area contributed by atoms with Gasteiger partial charge >= 0.3 is 0 Å². The van der Waals surface area contributed by atoms with Crippen LogP contribution in [0.1, 0.15) is 27.8 Å². The molecule has 0 heteroatoms. The molecule has 0 saturated heterocycles. The molecule has 5 aromatic carbocycles. The zero-order valence-electron chi connectivity index (χ0n) is 19.0. The molecular formula is C33H26. The Morgan fingerprint density at radius 1 is 0.515 bits per heavy atom. The van der Waals surface area contributed by atoms with Crippen LogP contribution in [0.5, 0.6) is 0 Å². The number of terminal acetylenes is 1. The standard InChI is InChI=1S/C33H26/c1-4-33(30-15-7-10-24(2)20-30,31-16-8-11-25(3)21-31)32-17-9-14-28(23-32)29-19-18-26-12-5-6-13-27(26)22-29/h1,5-23H,2-3H3. The molecule has 0 spiro atoms. The van der Waals surface area contributed by atoms with Crippen molar-refractivity contribution in [2.24, 2.45) is 0 Å².